The van der Waals surface area contributed by atoms with Gasteiger partial charge in [-0.15, -0.1) is 0 Å². The summed E-state index contributed by atoms with van der Waals surface area (Å²) in [6.45, 7) is 18.4. The van der Waals surface area contributed by atoms with E-state index in [1.54, 1.807) is 0 Å². The van der Waals surface area contributed by atoms with Crippen LogP contribution >= 0.6 is 20.4 Å². The molecule has 0 aromatic carbocycles. The lowest BCUT2D eigenvalue weighted by molar-refractivity contribution is 0.260. The highest BCUT2D eigenvalue weighted by Gasteiger charge is 2.36. The first-order valence-corrected chi connectivity index (χ1v) is 10.2. The van der Waals surface area contributed by atoms with Crippen molar-refractivity contribution < 1.29 is 0 Å². The van der Waals surface area contributed by atoms with E-state index in [0.29, 0.717) is 24.2 Å². The fraction of sp³-hybridized carbons (Fsp3) is 0.824. The van der Waals surface area contributed by atoms with Crippen LogP contribution < -0.4 is 5.44 Å². The molecule has 134 valence electrons. The zero-order valence-corrected chi connectivity index (χ0v) is 18.2. The normalized spacial score (nSPS) is 13.1. The van der Waals surface area contributed by atoms with Gasteiger partial charge in [0.15, 0.2) is 4.77 Å². The number of nitrogens with zero attached hydrogens (tertiary/aromatic N) is 4. The first-order valence-electron chi connectivity index (χ1n) is 8.59. The lowest BCUT2D eigenvalue weighted by Gasteiger charge is -2.47. The molecular formula is C17H35N4PS. The van der Waals surface area contributed by atoms with Crippen LogP contribution in [0.2, 0.25) is 0 Å². The Hall–Kier alpha value is -0.220. The van der Waals surface area contributed by atoms with E-state index < -0.39 is 8.22 Å². The molecule has 23 heavy (non-hydrogen) atoms. The number of rotatable bonds is 7. The van der Waals surface area contributed by atoms with Crippen molar-refractivity contribution in [1.82, 2.24) is 18.5 Å². The maximum absolute atomic E-state index is 5.57. The molecular weight excluding hydrogens is 323 g/mol. The second-order valence-electron chi connectivity index (χ2n) is 7.36. The highest BCUT2D eigenvalue weighted by Crippen LogP contribution is 2.48. The van der Waals surface area contributed by atoms with Crippen LogP contribution in [-0.2, 0) is 14.1 Å². The van der Waals surface area contributed by atoms with Gasteiger partial charge >= 0.3 is 0 Å². The van der Waals surface area contributed by atoms with Gasteiger partial charge in [0.25, 0.3) is 0 Å². The van der Waals surface area contributed by atoms with Gasteiger partial charge in [-0.2, -0.15) is 0 Å². The topological polar surface area (TPSA) is 16.3 Å². The fourth-order valence-corrected chi connectivity index (χ4v) is 6.58. The molecule has 0 amide bonds. The molecule has 0 radical (unpaired) electrons. The molecule has 0 N–H and O–H groups in total. The zero-order chi connectivity index (χ0) is 18.1. The lowest BCUT2D eigenvalue weighted by atomic mass is 10.3. The van der Waals surface area contributed by atoms with Crippen LogP contribution in [0.15, 0.2) is 6.20 Å². The van der Waals surface area contributed by atoms with Gasteiger partial charge in [-0.1, -0.05) is 0 Å². The van der Waals surface area contributed by atoms with Crippen LogP contribution in [0.5, 0.6) is 0 Å². The molecule has 0 unspecified atom stereocenters. The molecule has 0 saturated heterocycles. The summed E-state index contributed by atoms with van der Waals surface area (Å²) in [6.07, 6.45) is 2.23. The third kappa shape index (κ3) is 4.45. The minimum absolute atomic E-state index is 0.481. The molecule has 0 saturated carbocycles. The number of hydrogen-bond donors (Lipinski definition) is 0. The molecule has 0 atom stereocenters. The molecule has 0 bridgehead atoms. The molecule has 0 fully saturated rings. The molecule has 0 aliphatic carbocycles. The molecule has 1 aromatic heterocycles. The summed E-state index contributed by atoms with van der Waals surface area (Å²) < 4.78 is 10.4. The predicted octanol–water partition coefficient (Wildman–Crippen LogP) is 4.27. The van der Waals surface area contributed by atoms with Crippen LogP contribution in [-0.4, -0.2) is 42.6 Å². The van der Waals surface area contributed by atoms with Crippen molar-refractivity contribution >= 4 is 25.9 Å². The van der Waals surface area contributed by atoms with Gasteiger partial charge in [0, 0.05) is 44.5 Å². The van der Waals surface area contributed by atoms with E-state index in [9.17, 15) is 0 Å². The highest BCUT2D eigenvalue weighted by atomic mass is 32.1. The Kier molecular flexibility index (Phi) is 7.46. The van der Waals surface area contributed by atoms with Gasteiger partial charge in [-0.3, -0.25) is 9.34 Å². The van der Waals surface area contributed by atoms with E-state index in [0.717, 1.165) is 4.77 Å². The Morgan fingerprint density at radius 3 is 1.39 bits per heavy atom. The maximum Gasteiger partial charge on any atom is 0.179 e. The molecule has 6 heteroatoms. The first kappa shape index (κ1) is 20.8. The largest absolute Gasteiger partial charge is 0.326 e. The maximum atomic E-state index is 5.57. The van der Waals surface area contributed by atoms with Gasteiger partial charge in [0.05, 0.1) is 13.7 Å². The van der Waals surface area contributed by atoms with Crippen molar-refractivity contribution in [2.45, 2.75) is 79.6 Å². The quantitative estimate of drug-likeness (QED) is 0.535. The highest BCUT2D eigenvalue weighted by molar-refractivity contribution is 7.71. The molecule has 1 aromatic rings. The Morgan fingerprint density at radius 1 is 0.826 bits per heavy atom. The standard InChI is InChI=1S/C17H35N4PS/c1-12(2)20(13(3)4)22(21(14(5)6)15(7)8)16-11-18(9)17(23)19(16)10/h11-15H,1-10H3. The Balaban J connectivity index is 3.59. The van der Waals surface area contributed by atoms with Crippen molar-refractivity contribution in [3.05, 3.63) is 11.0 Å². The number of aryl methyl sites for hydroxylation is 1. The number of aromatic nitrogens is 2. The summed E-state index contributed by atoms with van der Waals surface area (Å²) in [5.41, 5.74) is 1.33. The summed E-state index contributed by atoms with van der Waals surface area (Å²) in [5.74, 6) is 0. The Bertz CT molecular complexity index is 523. The summed E-state index contributed by atoms with van der Waals surface area (Å²) in [5, 5.41) is 0. The van der Waals surface area contributed by atoms with Gasteiger partial charge in [0.2, 0.25) is 0 Å². The fourth-order valence-electron chi connectivity index (χ4n) is 3.26. The molecule has 0 spiro atoms. The Morgan fingerprint density at radius 2 is 1.17 bits per heavy atom. The van der Waals surface area contributed by atoms with Crippen LogP contribution in [0.1, 0.15) is 55.4 Å². The molecule has 0 aliphatic rings. The van der Waals surface area contributed by atoms with Gasteiger partial charge in [-0.25, -0.2) is 0 Å². The van der Waals surface area contributed by atoms with Gasteiger partial charge in [0.1, 0.15) is 0 Å². The minimum atomic E-state index is -0.615. The number of hydrogen-bond acceptors (Lipinski definition) is 3. The van der Waals surface area contributed by atoms with E-state index in [1.165, 1.54) is 5.44 Å². The van der Waals surface area contributed by atoms with Crippen molar-refractivity contribution in [2.24, 2.45) is 14.1 Å². The van der Waals surface area contributed by atoms with Crippen molar-refractivity contribution in [2.75, 3.05) is 0 Å². The monoisotopic (exact) mass is 358 g/mol. The van der Waals surface area contributed by atoms with Crippen molar-refractivity contribution in [3.8, 4) is 0 Å². The first-order chi connectivity index (χ1) is 10.5. The second-order valence-corrected chi connectivity index (χ2v) is 9.69. The zero-order valence-electron chi connectivity index (χ0n) is 16.5. The summed E-state index contributed by atoms with van der Waals surface area (Å²) in [7, 11) is 3.53. The third-order valence-corrected chi connectivity index (χ3v) is 8.11. The van der Waals surface area contributed by atoms with Crippen LogP contribution in [0.3, 0.4) is 0 Å². The predicted molar refractivity (Wildman–Crippen MR) is 106 cm³/mol. The van der Waals surface area contributed by atoms with E-state index >= 15 is 0 Å². The van der Waals surface area contributed by atoms with Crippen LogP contribution in [0, 0.1) is 4.77 Å². The average molecular weight is 359 g/mol. The third-order valence-electron chi connectivity index (χ3n) is 4.00. The Labute approximate surface area is 149 Å². The minimum Gasteiger partial charge on any atom is -0.326 e. The smallest absolute Gasteiger partial charge is 0.179 e. The van der Waals surface area contributed by atoms with Gasteiger partial charge in [-0.05, 0) is 67.6 Å². The molecule has 1 rings (SSSR count). The molecule has 1 heterocycles. The summed E-state index contributed by atoms with van der Waals surface area (Å²) in [4.78, 5) is 0. The SMILES string of the molecule is CC(C)N(C(C)C)P(c1cn(C)c(=S)n1C)N(C(C)C)C(C)C. The van der Waals surface area contributed by atoms with E-state index in [-0.39, 0.29) is 0 Å². The summed E-state index contributed by atoms with van der Waals surface area (Å²) in [6, 6.07) is 1.93. The van der Waals surface area contributed by atoms with Crippen molar-refractivity contribution in [3.63, 3.8) is 0 Å². The molecule has 0 aliphatic heterocycles. The molecule has 4 nitrogen and oxygen atoms in total. The summed E-state index contributed by atoms with van der Waals surface area (Å²) >= 11 is 5.57. The lowest BCUT2D eigenvalue weighted by Crippen LogP contribution is -2.46. The van der Waals surface area contributed by atoms with Crippen molar-refractivity contribution in [1.29, 1.82) is 0 Å². The van der Waals surface area contributed by atoms with Crippen LogP contribution in [0.25, 0.3) is 0 Å². The van der Waals surface area contributed by atoms with E-state index in [2.05, 4.69) is 87.1 Å². The van der Waals surface area contributed by atoms with Gasteiger partial charge < -0.3 is 9.13 Å². The number of imidazole rings is 1. The van der Waals surface area contributed by atoms with E-state index in [4.69, 9.17) is 12.2 Å². The van der Waals surface area contributed by atoms with E-state index in [1.807, 2.05) is 7.05 Å². The average Bonchev–Trinajstić information content (AvgIpc) is 2.63. The van der Waals surface area contributed by atoms with Crippen LogP contribution in [0.4, 0.5) is 0 Å². The second kappa shape index (κ2) is 8.24.